The molecule has 104 valence electrons. The number of aliphatic hydroxyl groups excluding tert-OH is 1. The Morgan fingerprint density at radius 1 is 1.10 bits per heavy atom. The summed E-state index contributed by atoms with van der Waals surface area (Å²) in [5, 5.41) is 11.7. The van der Waals surface area contributed by atoms with Crippen LogP contribution in [0.5, 0.6) is 0 Å². The van der Waals surface area contributed by atoms with E-state index in [1.807, 2.05) is 55.5 Å². The number of aryl methyl sites for hydroxylation is 1. The zero-order valence-corrected chi connectivity index (χ0v) is 11.6. The molecule has 0 fully saturated rings. The lowest BCUT2D eigenvalue weighted by Gasteiger charge is -2.07. The number of anilines is 1. The van der Waals surface area contributed by atoms with Gasteiger partial charge in [0.05, 0.1) is 6.42 Å². The molecule has 20 heavy (non-hydrogen) atoms. The second-order valence-electron chi connectivity index (χ2n) is 4.88. The first kappa shape index (κ1) is 14.3. The van der Waals surface area contributed by atoms with Crippen molar-refractivity contribution in [1.29, 1.82) is 0 Å². The molecule has 0 unspecified atom stereocenters. The van der Waals surface area contributed by atoms with E-state index in [1.165, 1.54) is 0 Å². The lowest BCUT2D eigenvalue weighted by atomic mass is 10.1. The Balaban J connectivity index is 1.94. The van der Waals surface area contributed by atoms with E-state index >= 15 is 0 Å². The second kappa shape index (κ2) is 6.87. The lowest BCUT2D eigenvalue weighted by molar-refractivity contribution is -0.115. The third kappa shape index (κ3) is 4.21. The van der Waals surface area contributed by atoms with Gasteiger partial charge in [0.15, 0.2) is 0 Å². The van der Waals surface area contributed by atoms with Crippen molar-refractivity contribution in [3.63, 3.8) is 0 Å². The first-order valence-corrected chi connectivity index (χ1v) is 6.72. The van der Waals surface area contributed by atoms with Crippen LogP contribution in [-0.2, 0) is 17.6 Å². The highest BCUT2D eigenvalue weighted by atomic mass is 16.2. The molecule has 0 bridgehead atoms. The highest BCUT2D eigenvalue weighted by Gasteiger charge is 2.04. The fraction of sp³-hybridized carbons (Fsp3) is 0.235. The zero-order valence-electron chi connectivity index (χ0n) is 11.6. The van der Waals surface area contributed by atoms with Crippen molar-refractivity contribution in [2.24, 2.45) is 0 Å². The molecular formula is C17H19NO2. The largest absolute Gasteiger partial charge is 0.396 e. The van der Waals surface area contributed by atoms with E-state index in [0.29, 0.717) is 12.8 Å². The van der Waals surface area contributed by atoms with Crippen molar-refractivity contribution in [3.8, 4) is 0 Å². The van der Waals surface area contributed by atoms with Crippen molar-refractivity contribution < 1.29 is 9.90 Å². The van der Waals surface area contributed by atoms with Gasteiger partial charge in [-0.2, -0.15) is 0 Å². The number of hydrogen-bond acceptors (Lipinski definition) is 2. The number of amides is 1. The van der Waals surface area contributed by atoms with Crippen molar-refractivity contribution in [2.45, 2.75) is 19.8 Å². The molecule has 0 saturated heterocycles. The molecule has 0 aliphatic carbocycles. The fourth-order valence-corrected chi connectivity index (χ4v) is 2.10. The Bertz CT molecular complexity index is 576. The molecule has 2 aromatic rings. The summed E-state index contributed by atoms with van der Waals surface area (Å²) in [7, 11) is 0. The van der Waals surface area contributed by atoms with Gasteiger partial charge in [-0.3, -0.25) is 4.79 Å². The summed E-state index contributed by atoms with van der Waals surface area (Å²) in [4.78, 5) is 12.0. The number of nitrogens with one attached hydrogen (secondary N) is 1. The summed E-state index contributed by atoms with van der Waals surface area (Å²) in [6, 6.07) is 15.5. The standard InChI is InChI=1S/C17H19NO2/c1-13-3-2-4-15(11-13)12-17(20)18-16-7-5-14(6-8-16)9-10-19/h2-8,11,19H,9-10,12H2,1H3,(H,18,20). The summed E-state index contributed by atoms with van der Waals surface area (Å²) < 4.78 is 0. The fourth-order valence-electron chi connectivity index (χ4n) is 2.10. The van der Waals surface area contributed by atoms with Gasteiger partial charge in [-0.05, 0) is 36.6 Å². The maximum absolute atomic E-state index is 12.0. The van der Waals surface area contributed by atoms with Crippen LogP contribution in [0.3, 0.4) is 0 Å². The van der Waals surface area contributed by atoms with Crippen molar-refractivity contribution in [3.05, 3.63) is 65.2 Å². The number of benzene rings is 2. The van der Waals surface area contributed by atoms with Crippen LogP contribution in [0, 0.1) is 6.92 Å². The van der Waals surface area contributed by atoms with Gasteiger partial charge in [0.25, 0.3) is 0 Å². The second-order valence-corrected chi connectivity index (χ2v) is 4.88. The van der Waals surface area contributed by atoms with Crippen LogP contribution in [0.1, 0.15) is 16.7 Å². The third-order valence-corrected chi connectivity index (χ3v) is 3.09. The molecule has 0 spiro atoms. The highest BCUT2D eigenvalue weighted by molar-refractivity contribution is 5.92. The van der Waals surface area contributed by atoms with Crippen LogP contribution < -0.4 is 5.32 Å². The van der Waals surface area contributed by atoms with Gasteiger partial charge in [-0.15, -0.1) is 0 Å². The Kier molecular flexibility index (Phi) is 4.91. The monoisotopic (exact) mass is 269 g/mol. The molecule has 0 atom stereocenters. The maximum Gasteiger partial charge on any atom is 0.228 e. The Morgan fingerprint density at radius 3 is 2.50 bits per heavy atom. The zero-order chi connectivity index (χ0) is 14.4. The van der Waals surface area contributed by atoms with Crippen LogP contribution >= 0.6 is 0 Å². The van der Waals surface area contributed by atoms with Crippen LogP contribution in [0.2, 0.25) is 0 Å². The van der Waals surface area contributed by atoms with Gasteiger partial charge in [0.1, 0.15) is 0 Å². The molecule has 3 heteroatoms. The number of carbonyl (C=O) groups is 1. The first-order chi connectivity index (χ1) is 9.67. The number of hydrogen-bond donors (Lipinski definition) is 2. The van der Waals surface area contributed by atoms with Crippen LogP contribution in [-0.4, -0.2) is 17.6 Å². The summed E-state index contributed by atoms with van der Waals surface area (Å²) >= 11 is 0. The Labute approximate surface area is 119 Å². The highest BCUT2D eigenvalue weighted by Crippen LogP contribution is 2.11. The van der Waals surface area contributed by atoms with E-state index in [-0.39, 0.29) is 12.5 Å². The minimum absolute atomic E-state index is 0.0227. The van der Waals surface area contributed by atoms with E-state index in [4.69, 9.17) is 5.11 Å². The molecule has 0 aliphatic heterocycles. The minimum atomic E-state index is -0.0227. The van der Waals surface area contributed by atoms with E-state index in [1.54, 1.807) is 0 Å². The molecule has 0 aromatic heterocycles. The summed E-state index contributed by atoms with van der Waals surface area (Å²) in [5.41, 5.74) is 4.01. The SMILES string of the molecule is Cc1cccc(CC(=O)Nc2ccc(CCO)cc2)c1. The predicted octanol–water partition coefficient (Wildman–Crippen LogP) is 2.71. The van der Waals surface area contributed by atoms with Gasteiger partial charge in [-0.1, -0.05) is 42.0 Å². The van der Waals surface area contributed by atoms with Crippen molar-refractivity contribution in [1.82, 2.24) is 0 Å². The van der Waals surface area contributed by atoms with Gasteiger partial charge in [-0.25, -0.2) is 0 Å². The van der Waals surface area contributed by atoms with E-state index in [9.17, 15) is 4.79 Å². The minimum Gasteiger partial charge on any atom is -0.396 e. The normalized spacial score (nSPS) is 10.3. The van der Waals surface area contributed by atoms with Crippen LogP contribution in [0.15, 0.2) is 48.5 Å². The number of carbonyl (C=O) groups excluding carboxylic acids is 1. The maximum atomic E-state index is 12.0. The molecule has 0 aliphatic rings. The molecule has 3 nitrogen and oxygen atoms in total. The molecule has 2 rings (SSSR count). The molecule has 0 saturated carbocycles. The molecule has 1 amide bonds. The van der Waals surface area contributed by atoms with Gasteiger partial charge < -0.3 is 10.4 Å². The van der Waals surface area contributed by atoms with Gasteiger partial charge in [0.2, 0.25) is 5.91 Å². The summed E-state index contributed by atoms with van der Waals surface area (Å²) in [6.07, 6.45) is 1.01. The van der Waals surface area contributed by atoms with Gasteiger partial charge >= 0.3 is 0 Å². The molecule has 0 heterocycles. The van der Waals surface area contributed by atoms with E-state index in [0.717, 1.165) is 22.4 Å². The molecular weight excluding hydrogens is 250 g/mol. The van der Waals surface area contributed by atoms with Crippen molar-refractivity contribution >= 4 is 11.6 Å². The Hall–Kier alpha value is -2.13. The predicted molar refractivity (Wildman–Crippen MR) is 80.7 cm³/mol. The van der Waals surface area contributed by atoms with Gasteiger partial charge in [0, 0.05) is 12.3 Å². The first-order valence-electron chi connectivity index (χ1n) is 6.72. The summed E-state index contributed by atoms with van der Waals surface area (Å²) in [5.74, 6) is -0.0227. The molecule has 2 aromatic carbocycles. The number of aliphatic hydroxyl groups is 1. The van der Waals surface area contributed by atoms with Crippen LogP contribution in [0.25, 0.3) is 0 Å². The quantitative estimate of drug-likeness (QED) is 0.876. The average molecular weight is 269 g/mol. The number of rotatable bonds is 5. The van der Waals surface area contributed by atoms with E-state index < -0.39 is 0 Å². The average Bonchev–Trinajstić information content (AvgIpc) is 2.41. The summed E-state index contributed by atoms with van der Waals surface area (Å²) in [6.45, 7) is 2.15. The molecule has 0 radical (unpaired) electrons. The third-order valence-electron chi connectivity index (χ3n) is 3.09. The lowest BCUT2D eigenvalue weighted by Crippen LogP contribution is -2.14. The van der Waals surface area contributed by atoms with Crippen molar-refractivity contribution in [2.75, 3.05) is 11.9 Å². The topological polar surface area (TPSA) is 49.3 Å². The Morgan fingerprint density at radius 2 is 1.85 bits per heavy atom. The van der Waals surface area contributed by atoms with E-state index in [2.05, 4.69) is 5.32 Å². The smallest absolute Gasteiger partial charge is 0.228 e. The molecule has 2 N–H and O–H groups in total. The van der Waals surface area contributed by atoms with Crippen LogP contribution in [0.4, 0.5) is 5.69 Å².